The summed E-state index contributed by atoms with van der Waals surface area (Å²) in [5.74, 6) is -0.898. The second-order valence-corrected chi connectivity index (χ2v) is 7.03. The Morgan fingerprint density at radius 2 is 1.86 bits per heavy atom. The van der Waals surface area contributed by atoms with Crippen LogP contribution >= 0.6 is 0 Å². The molecule has 0 aliphatic rings. The molecule has 0 radical (unpaired) electrons. The average Bonchev–Trinajstić information content (AvgIpc) is 2.66. The number of aryl methyl sites for hydroxylation is 1. The lowest BCUT2D eigenvalue weighted by Crippen LogP contribution is -2.50. The summed E-state index contributed by atoms with van der Waals surface area (Å²) in [5.41, 5.74) is 2.03. The summed E-state index contributed by atoms with van der Waals surface area (Å²) in [6.45, 7) is 6.05. The summed E-state index contributed by atoms with van der Waals surface area (Å²) < 4.78 is 19.2. The van der Waals surface area contributed by atoms with Crippen molar-refractivity contribution in [3.05, 3.63) is 65.0 Å². The van der Waals surface area contributed by atoms with Crippen LogP contribution in [0.5, 0.6) is 5.75 Å². The molecule has 0 unspecified atom stereocenters. The van der Waals surface area contributed by atoms with E-state index < -0.39 is 17.8 Å². The first-order valence-electron chi connectivity index (χ1n) is 9.30. The third-order valence-electron chi connectivity index (χ3n) is 4.48. The van der Waals surface area contributed by atoms with Gasteiger partial charge in [0.2, 0.25) is 5.91 Å². The van der Waals surface area contributed by atoms with Crippen molar-refractivity contribution >= 4 is 11.8 Å². The molecule has 2 amide bonds. The number of hydrogen-bond acceptors (Lipinski definition) is 3. The fourth-order valence-electron chi connectivity index (χ4n) is 2.93. The Balaban J connectivity index is 1.99. The van der Waals surface area contributed by atoms with Gasteiger partial charge in [-0.1, -0.05) is 43.7 Å². The van der Waals surface area contributed by atoms with Gasteiger partial charge in [-0.15, -0.1) is 0 Å². The number of halogens is 1. The quantitative estimate of drug-likeness (QED) is 0.732. The van der Waals surface area contributed by atoms with Crippen LogP contribution in [-0.2, 0) is 11.2 Å². The zero-order valence-corrected chi connectivity index (χ0v) is 16.7. The van der Waals surface area contributed by atoms with E-state index in [0.29, 0.717) is 13.0 Å². The first-order chi connectivity index (χ1) is 13.3. The Bertz CT molecular complexity index is 836. The second kappa shape index (κ2) is 9.88. The van der Waals surface area contributed by atoms with E-state index in [0.717, 1.165) is 16.9 Å². The van der Waals surface area contributed by atoms with Gasteiger partial charge in [0.1, 0.15) is 17.6 Å². The summed E-state index contributed by atoms with van der Waals surface area (Å²) in [7, 11) is 1.61. The molecule has 0 heterocycles. The van der Waals surface area contributed by atoms with Crippen LogP contribution in [0.2, 0.25) is 0 Å². The van der Waals surface area contributed by atoms with Gasteiger partial charge >= 0.3 is 0 Å². The summed E-state index contributed by atoms with van der Waals surface area (Å²) >= 11 is 0. The van der Waals surface area contributed by atoms with E-state index in [2.05, 4.69) is 10.6 Å². The smallest absolute Gasteiger partial charge is 0.254 e. The van der Waals surface area contributed by atoms with Crippen LogP contribution in [0, 0.1) is 18.7 Å². The molecule has 0 bridgehead atoms. The van der Waals surface area contributed by atoms with Crippen LogP contribution in [0.4, 0.5) is 4.39 Å². The Morgan fingerprint density at radius 1 is 1.14 bits per heavy atom. The predicted octanol–water partition coefficient (Wildman–Crippen LogP) is 3.26. The van der Waals surface area contributed by atoms with Gasteiger partial charge in [-0.05, 0) is 43.0 Å². The lowest BCUT2D eigenvalue weighted by Gasteiger charge is -2.22. The molecule has 1 atom stereocenters. The Kier molecular flexibility index (Phi) is 7.55. The lowest BCUT2D eigenvalue weighted by atomic mass is 10.0. The van der Waals surface area contributed by atoms with E-state index in [1.807, 2.05) is 39.0 Å². The van der Waals surface area contributed by atoms with Crippen LogP contribution in [-0.4, -0.2) is 31.5 Å². The van der Waals surface area contributed by atoms with E-state index in [1.165, 1.54) is 18.2 Å². The molecule has 0 saturated heterocycles. The maximum absolute atomic E-state index is 13.8. The number of amides is 2. The number of nitrogens with one attached hydrogen (secondary N) is 2. The van der Waals surface area contributed by atoms with Crippen LogP contribution < -0.4 is 15.4 Å². The molecule has 2 N–H and O–H groups in total. The zero-order chi connectivity index (χ0) is 20.7. The fraction of sp³-hybridized carbons (Fsp3) is 0.364. The molecule has 6 heteroatoms. The second-order valence-electron chi connectivity index (χ2n) is 7.03. The molecule has 5 nitrogen and oxygen atoms in total. The van der Waals surface area contributed by atoms with E-state index in [-0.39, 0.29) is 17.4 Å². The van der Waals surface area contributed by atoms with Gasteiger partial charge in [0.05, 0.1) is 12.7 Å². The first-order valence-corrected chi connectivity index (χ1v) is 9.30. The molecule has 0 spiro atoms. The number of benzene rings is 2. The Labute approximate surface area is 165 Å². The van der Waals surface area contributed by atoms with Crippen LogP contribution in [0.3, 0.4) is 0 Å². The highest BCUT2D eigenvalue weighted by atomic mass is 19.1. The Morgan fingerprint density at radius 3 is 2.50 bits per heavy atom. The summed E-state index contributed by atoms with van der Waals surface area (Å²) in [6, 6.07) is 10.8. The van der Waals surface area contributed by atoms with Crippen molar-refractivity contribution in [2.45, 2.75) is 33.2 Å². The summed E-state index contributed by atoms with van der Waals surface area (Å²) in [6.07, 6.45) is 0.600. The van der Waals surface area contributed by atoms with Crippen LogP contribution in [0.1, 0.15) is 35.3 Å². The van der Waals surface area contributed by atoms with E-state index in [1.54, 1.807) is 13.2 Å². The molecule has 0 saturated carbocycles. The van der Waals surface area contributed by atoms with Crippen LogP contribution in [0.25, 0.3) is 0 Å². The van der Waals surface area contributed by atoms with Crippen molar-refractivity contribution in [2.24, 2.45) is 5.92 Å². The Hall–Kier alpha value is -2.89. The fourth-order valence-corrected chi connectivity index (χ4v) is 2.93. The van der Waals surface area contributed by atoms with Gasteiger partial charge in [0.15, 0.2) is 0 Å². The molecule has 2 aromatic rings. The molecule has 2 rings (SSSR count). The molecule has 2 aromatic carbocycles. The standard InChI is InChI=1S/C22H27FN2O3/c1-14(2)20(25-21(26)17-7-5-6-8-18(17)23)22(27)24-12-11-16-13-15(3)9-10-19(16)28-4/h5-10,13-14,20H,11-12H2,1-4H3,(H,24,27)(H,25,26)/t20-/m0/s1. The van der Waals surface area contributed by atoms with Crippen molar-refractivity contribution < 1.29 is 18.7 Å². The van der Waals surface area contributed by atoms with Crippen molar-refractivity contribution in [3.63, 3.8) is 0 Å². The molecule has 0 aromatic heterocycles. The molecule has 28 heavy (non-hydrogen) atoms. The van der Waals surface area contributed by atoms with Crippen molar-refractivity contribution in [1.82, 2.24) is 10.6 Å². The number of carbonyl (C=O) groups is 2. The monoisotopic (exact) mass is 386 g/mol. The topological polar surface area (TPSA) is 67.4 Å². The van der Waals surface area contributed by atoms with E-state index in [9.17, 15) is 14.0 Å². The number of carbonyl (C=O) groups excluding carboxylic acids is 2. The predicted molar refractivity (Wildman–Crippen MR) is 107 cm³/mol. The van der Waals surface area contributed by atoms with Gasteiger partial charge in [-0.3, -0.25) is 9.59 Å². The van der Waals surface area contributed by atoms with Gasteiger partial charge < -0.3 is 15.4 Å². The minimum Gasteiger partial charge on any atom is -0.496 e. The van der Waals surface area contributed by atoms with Crippen molar-refractivity contribution in [3.8, 4) is 5.75 Å². The summed E-state index contributed by atoms with van der Waals surface area (Å²) in [4.78, 5) is 25.0. The first kappa shape index (κ1) is 21.4. The molecule has 0 aliphatic carbocycles. The maximum atomic E-state index is 13.8. The van der Waals surface area contributed by atoms with Crippen molar-refractivity contribution in [1.29, 1.82) is 0 Å². The largest absolute Gasteiger partial charge is 0.496 e. The number of rotatable bonds is 8. The molecular formula is C22H27FN2O3. The number of hydrogen-bond donors (Lipinski definition) is 2. The highest BCUT2D eigenvalue weighted by Gasteiger charge is 2.25. The highest BCUT2D eigenvalue weighted by molar-refractivity contribution is 5.97. The maximum Gasteiger partial charge on any atom is 0.254 e. The van der Waals surface area contributed by atoms with E-state index in [4.69, 9.17) is 4.74 Å². The number of ether oxygens (including phenoxy) is 1. The lowest BCUT2D eigenvalue weighted by molar-refractivity contribution is -0.123. The number of methoxy groups -OCH3 is 1. The van der Waals surface area contributed by atoms with Crippen molar-refractivity contribution in [2.75, 3.05) is 13.7 Å². The third kappa shape index (κ3) is 5.55. The van der Waals surface area contributed by atoms with Gasteiger partial charge in [0.25, 0.3) is 5.91 Å². The SMILES string of the molecule is COc1ccc(C)cc1CCNC(=O)[C@@H](NC(=O)c1ccccc1F)C(C)C. The molecular weight excluding hydrogens is 359 g/mol. The minimum absolute atomic E-state index is 0.0783. The normalized spacial score (nSPS) is 11.8. The minimum atomic E-state index is -0.758. The van der Waals surface area contributed by atoms with Gasteiger partial charge in [-0.2, -0.15) is 0 Å². The highest BCUT2D eigenvalue weighted by Crippen LogP contribution is 2.19. The van der Waals surface area contributed by atoms with Crippen LogP contribution in [0.15, 0.2) is 42.5 Å². The molecule has 150 valence electrons. The average molecular weight is 386 g/mol. The van der Waals surface area contributed by atoms with Gasteiger partial charge in [-0.25, -0.2) is 4.39 Å². The van der Waals surface area contributed by atoms with Gasteiger partial charge in [0, 0.05) is 6.54 Å². The van der Waals surface area contributed by atoms with E-state index >= 15 is 0 Å². The molecule has 0 fully saturated rings. The third-order valence-corrected chi connectivity index (χ3v) is 4.48. The molecule has 0 aliphatic heterocycles. The zero-order valence-electron chi connectivity index (χ0n) is 16.7. The summed E-state index contributed by atoms with van der Waals surface area (Å²) in [5, 5.41) is 5.49.